The number of esters is 1. The summed E-state index contributed by atoms with van der Waals surface area (Å²) >= 11 is 5.60. The maximum Gasteiger partial charge on any atom is 0.332 e. The second-order valence-electron chi connectivity index (χ2n) is 14.3. The highest BCUT2D eigenvalue weighted by Gasteiger charge is 2.62. The molecule has 3 fully saturated rings. The monoisotopic (exact) mass is 772 g/mol. The molecular weight excluding hydrogens is 724 g/mol. The number of aliphatic hydroxyl groups is 1. The molecule has 55 heavy (non-hydrogen) atoms. The largest absolute Gasteiger partial charge is 0.462 e. The number of piperidine rings is 1. The molecule has 0 radical (unpaired) electrons. The normalized spacial score (nSPS) is 21.7. The third-order valence-electron chi connectivity index (χ3n) is 10.4. The van der Waals surface area contributed by atoms with Gasteiger partial charge < -0.3 is 29.2 Å². The molecule has 0 amide bonds. The van der Waals surface area contributed by atoms with Crippen molar-refractivity contribution >= 4 is 28.7 Å². The molecule has 6 atom stereocenters. The first-order valence-corrected chi connectivity index (χ1v) is 18.8. The summed E-state index contributed by atoms with van der Waals surface area (Å²) in [6.07, 6.45) is 2.28. The Hall–Kier alpha value is -4.63. The molecule has 0 spiro atoms. The molecule has 5 aromatic rings. The molecule has 14 heteroatoms. The zero-order valence-electron chi connectivity index (χ0n) is 31.7. The van der Waals surface area contributed by atoms with Crippen LogP contribution in [-0.4, -0.2) is 111 Å². The molecule has 3 saturated heterocycles. The number of epoxide rings is 1. The molecule has 3 aromatic carbocycles. The van der Waals surface area contributed by atoms with Gasteiger partial charge in [0.1, 0.15) is 30.3 Å². The summed E-state index contributed by atoms with van der Waals surface area (Å²) in [4.78, 5) is 46.3. The van der Waals surface area contributed by atoms with Gasteiger partial charge in [-0.05, 0) is 49.4 Å². The molecule has 5 heterocycles. The zero-order chi connectivity index (χ0) is 39.2. The molecule has 3 aliphatic rings. The van der Waals surface area contributed by atoms with Crippen molar-refractivity contribution in [2.24, 2.45) is 14.1 Å². The van der Waals surface area contributed by atoms with E-state index in [4.69, 9.17) is 25.8 Å². The van der Waals surface area contributed by atoms with E-state index in [1.165, 1.54) is 29.8 Å². The van der Waals surface area contributed by atoms with Crippen LogP contribution in [0.2, 0.25) is 5.28 Å². The van der Waals surface area contributed by atoms with Gasteiger partial charge in [0.15, 0.2) is 11.2 Å². The van der Waals surface area contributed by atoms with Crippen molar-refractivity contribution in [2.75, 3.05) is 40.9 Å². The SMILES string of the molecule is CN(C)CCOC(c1ccccc1)c1ccccc1.CN1[C@@H]2CC(OC(=O)[C@H](CO)c3ccccc3)C[C@H]1[C@@H]1O[C@@H]12.Cn1c(=O)c2[nH]c(Cl)nc2n(C)c1=O. The van der Waals surface area contributed by atoms with Gasteiger partial charge in [-0.15, -0.1) is 0 Å². The van der Waals surface area contributed by atoms with E-state index in [1.54, 1.807) is 0 Å². The van der Waals surface area contributed by atoms with Crippen molar-refractivity contribution in [3.63, 3.8) is 0 Å². The molecule has 8 rings (SSSR count). The predicted molar refractivity (Wildman–Crippen MR) is 210 cm³/mol. The van der Waals surface area contributed by atoms with E-state index in [9.17, 15) is 19.5 Å². The summed E-state index contributed by atoms with van der Waals surface area (Å²) in [5, 5.41) is 9.65. The summed E-state index contributed by atoms with van der Waals surface area (Å²) in [5.74, 6) is -0.915. The van der Waals surface area contributed by atoms with Gasteiger partial charge in [0.05, 0.1) is 13.2 Å². The van der Waals surface area contributed by atoms with E-state index in [0.717, 1.165) is 36.1 Å². The van der Waals surface area contributed by atoms with Gasteiger partial charge in [-0.1, -0.05) is 91.0 Å². The van der Waals surface area contributed by atoms with Crippen molar-refractivity contribution in [3.8, 4) is 0 Å². The van der Waals surface area contributed by atoms with Gasteiger partial charge in [-0.3, -0.25) is 23.6 Å². The molecule has 13 nitrogen and oxygen atoms in total. The Morgan fingerprint density at radius 2 is 1.42 bits per heavy atom. The van der Waals surface area contributed by atoms with Crippen LogP contribution in [0.15, 0.2) is 101 Å². The van der Waals surface area contributed by atoms with Gasteiger partial charge in [0.25, 0.3) is 5.56 Å². The molecule has 0 aliphatic carbocycles. The lowest BCUT2D eigenvalue weighted by Gasteiger charge is -2.38. The zero-order valence-corrected chi connectivity index (χ0v) is 32.5. The average Bonchev–Trinajstić information content (AvgIpc) is 3.85. The fraction of sp³-hybridized carbons (Fsp3) is 0.415. The van der Waals surface area contributed by atoms with Gasteiger partial charge >= 0.3 is 11.7 Å². The Balaban J connectivity index is 0.000000144. The van der Waals surface area contributed by atoms with Crippen LogP contribution in [0.25, 0.3) is 11.2 Å². The second-order valence-corrected chi connectivity index (χ2v) is 14.7. The number of carbonyl (C=O) groups excluding carboxylic acids is 1. The first kappa shape index (κ1) is 40.0. The number of hydrogen-bond acceptors (Lipinski definition) is 10. The van der Waals surface area contributed by atoms with Crippen molar-refractivity contribution in [1.82, 2.24) is 28.9 Å². The number of morpholine rings is 1. The topological polar surface area (TPSA) is 147 Å². The second kappa shape index (κ2) is 17.9. The van der Waals surface area contributed by atoms with E-state index >= 15 is 0 Å². The Morgan fingerprint density at radius 1 is 0.891 bits per heavy atom. The molecule has 3 aliphatic heterocycles. The van der Waals surface area contributed by atoms with Crippen molar-refractivity contribution in [3.05, 3.63) is 134 Å². The molecule has 2 bridgehead atoms. The lowest BCUT2D eigenvalue weighted by atomic mass is 9.97. The number of H-pyrrole nitrogens is 1. The number of nitrogens with one attached hydrogen (secondary N) is 1. The molecular formula is C41H49ClN6O7. The Kier molecular flexibility index (Phi) is 13.0. The number of fused-ring (bicyclic) bond motifs is 6. The van der Waals surface area contributed by atoms with Crippen molar-refractivity contribution < 1.29 is 24.1 Å². The van der Waals surface area contributed by atoms with Gasteiger partial charge in [0, 0.05) is 45.6 Å². The van der Waals surface area contributed by atoms with E-state index < -0.39 is 17.2 Å². The average molecular weight is 773 g/mol. The van der Waals surface area contributed by atoms with Crippen LogP contribution >= 0.6 is 11.6 Å². The highest BCUT2D eigenvalue weighted by molar-refractivity contribution is 6.29. The summed E-state index contributed by atoms with van der Waals surface area (Å²) in [7, 11) is 9.18. The number of ether oxygens (including phenoxy) is 3. The minimum Gasteiger partial charge on any atom is -0.462 e. The van der Waals surface area contributed by atoms with Crippen LogP contribution in [0.4, 0.5) is 0 Å². The van der Waals surface area contributed by atoms with Crippen LogP contribution < -0.4 is 11.2 Å². The van der Waals surface area contributed by atoms with Crippen LogP contribution in [-0.2, 0) is 33.1 Å². The number of aryl methyl sites for hydroxylation is 1. The lowest BCUT2D eigenvalue weighted by Crippen LogP contribution is -2.48. The molecule has 0 saturated carbocycles. The number of imidazole rings is 1. The highest BCUT2D eigenvalue weighted by Crippen LogP contribution is 2.48. The van der Waals surface area contributed by atoms with Crippen molar-refractivity contribution in [1.29, 1.82) is 0 Å². The van der Waals surface area contributed by atoms with Crippen LogP contribution in [0, 0.1) is 0 Å². The summed E-state index contributed by atoms with van der Waals surface area (Å²) in [6.45, 7) is 1.42. The quantitative estimate of drug-likeness (QED) is 0.122. The number of aliphatic hydroxyl groups excluding tert-OH is 1. The molecule has 292 valence electrons. The van der Waals surface area contributed by atoms with E-state index in [0.29, 0.717) is 24.3 Å². The molecule has 2 N–H and O–H groups in total. The Morgan fingerprint density at radius 3 is 1.93 bits per heavy atom. The smallest absolute Gasteiger partial charge is 0.332 e. The highest BCUT2D eigenvalue weighted by atomic mass is 35.5. The predicted octanol–water partition coefficient (Wildman–Crippen LogP) is 3.89. The number of halogens is 1. The van der Waals surface area contributed by atoms with E-state index in [1.807, 2.05) is 42.5 Å². The molecule has 1 unspecified atom stereocenters. The van der Waals surface area contributed by atoms with Gasteiger partial charge in [-0.2, -0.15) is 4.98 Å². The van der Waals surface area contributed by atoms with Gasteiger partial charge in [0.2, 0.25) is 5.28 Å². The first-order chi connectivity index (χ1) is 26.5. The standard InChI is InChI=1S/C17H21NO4.C17H21NO.C7H7ClN4O2/c1-18-13-7-11(8-14(18)16-15(13)22-16)21-17(20)12(9-19)10-5-3-2-4-6-10;1-18(2)13-14-19-17(15-9-5-3-6-10-15)16-11-7-4-8-12-16;1-11-4-3(9-6(8)10-4)5(13)12(2)7(11)14/h2-6,11-16,19H,7-9H2,1H3;3-12,17H,13-14H2,1-2H3;1-2H3,(H,9,10)/t11?,12-,13-,14+,15-,16+;;/m1../s1. The lowest BCUT2D eigenvalue weighted by molar-refractivity contribution is -0.156. The Bertz CT molecular complexity index is 2090. The van der Waals surface area contributed by atoms with Crippen LogP contribution in [0.5, 0.6) is 0 Å². The van der Waals surface area contributed by atoms with Gasteiger partial charge in [-0.25, -0.2) is 4.79 Å². The van der Waals surface area contributed by atoms with E-state index in [-0.39, 0.29) is 41.2 Å². The number of aromatic amines is 1. The number of nitrogens with zero attached hydrogens (tertiary/aromatic N) is 5. The number of likely N-dealkylation sites (N-methyl/N-ethyl adjacent to an activating group) is 2. The summed E-state index contributed by atoms with van der Waals surface area (Å²) in [5.41, 5.74) is 2.85. The fourth-order valence-corrected chi connectivity index (χ4v) is 7.51. The Labute approximate surface area is 325 Å². The number of rotatable bonds is 10. The van der Waals surface area contributed by atoms with Crippen LogP contribution in [0.1, 0.15) is 41.6 Å². The maximum atomic E-state index is 12.4. The minimum atomic E-state index is -0.593. The number of benzene rings is 3. The summed E-state index contributed by atoms with van der Waals surface area (Å²) in [6, 6.07) is 30.8. The molecule has 2 aromatic heterocycles. The number of aromatic nitrogens is 4. The maximum absolute atomic E-state index is 12.4. The number of carbonyl (C=O) groups is 1. The van der Waals surface area contributed by atoms with Crippen molar-refractivity contribution in [2.45, 2.75) is 55.3 Å². The third kappa shape index (κ3) is 9.26. The first-order valence-electron chi connectivity index (χ1n) is 18.4. The summed E-state index contributed by atoms with van der Waals surface area (Å²) < 4.78 is 19.7. The minimum absolute atomic E-state index is 0.0161. The van der Waals surface area contributed by atoms with Crippen LogP contribution in [0.3, 0.4) is 0 Å². The third-order valence-corrected chi connectivity index (χ3v) is 10.6. The fourth-order valence-electron chi connectivity index (χ4n) is 7.34. The van der Waals surface area contributed by atoms with E-state index in [2.05, 4.69) is 89.4 Å². The number of hydrogen-bond donors (Lipinski definition) is 2.